The lowest BCUT2D eigenvalue weighted by atomic mass is 10.2. The van der Waals surface area contributed by atoms with E-state index in [4.69, 9.17) is 11.6 Å². The van der Waals surface area contributed by atoms with Crippen LogP contribution in [0.5, 0.6) is 0 Å². The normalized spacial score (nSPS) is 10.3. The van der Waals surface area contributed by atoms with Crippen molar-refractivity contribution < 1.29 is 4.79 Å². The molecular formula is C13H16ClN5O. The van der Waals surface area contributed by atoms with Crippen molar-refractivity contribution in [2.45, 2.75) is 19.9 Å². The molecule has 20 heavy (non-hydrogen) atoms. The van der Waals surface area contributed by atoms with Crippen LogP contribution < -0.4 is 10.6 Å². The molecule has 0 unspecified atom stereocenters. The van der Waals surface area contributed by atoms with Crippen LogP contribution in [0.1, 0.15) is 13.3 Å². The minimum atomic E-state index is -0.183. The summed E-state index contributed by atoms with van der Waals surface area (Å²) in [5.41, 5.74) is 1.51. The lowest BCUT2D eigenvalue weighted by Gasteiger charge is -2.13. The van der Waals surface area contributed by atoms with Crippen molar-refractivity contribution in [3.8, 4) is 0 Å². The van der Waals surface area contributed by atoms with Crippen LogP contribution in [-0.2, 0) is 11.3 Å². The highest BCUT2D eigenvalue weighted by Gasteiger charge is 2.08. The summed E-state index contributed by atoms with van der Waals surface area (Å²) in [6, 6.07) is 5.36. The van der Waals surface area contributed by atoms with Crippen LogP contribution >= 0.6 is 11.6 Å². The Morgan fingerprint density at radius 1 is 1.40 bits per heavy atom. The van der Waals surface area contributed by atoms with Gasteiger partial charge in [0.1, 0.15) is 6.54 Å². The summed E-state index contributed by atoms with van der Waals surface area (Å²) in [7, 11) is 0. The molecule has 2 rings (SSSR count). The van der Waals surface area contributed by atoms with Crippen molar-refractivity contribution in [2.75, 3.05) is 17.2 Å². The number of anilines is 2. The molecule has 0 spiro atoms. The van der Waals surface area contributed by atoms with Crippen molar-refractivity contribution >= 4 is 28.9 Å². The summed E-state index contributed by atoms with van der Waals surface area (Å²) in [4.78, 5) is 11.9. The second-order valence-corrected chi connectivity index (χ2v) is 4.70. The molecule has 0 atom stereocenters. The summed E-state index contributed by atoms with van der Waals surface area (Å²) in [5, 5.41) is 14.0. The predicted octanol–water partition coefficient (Wildman–Crippen LogP) is 2.39. The van der Waals surface area contributed by atoms with E-state index >= 15 is 0 Å². The predicted molar refractivity (Wildman–Crippen MR) is 78.9 cm³/mol. The number of nitrogens with one attached hydrogen (secondary N) is 2. The first-order valence-corrected chi connectivity index (χ1v) is 6.74. The van der Waals surface area contributed by atoms with Crippen molar-refractivity contribution in [2.24, 2.45) is 0 Å². The number of hydrogen-bond acceptors (Lipinski definition) is 4. The molecule has 2 aromatic rings. The molecule has 0 saturated heterocycles. The van der Waals surface area contributed by atoms with E-state index in [1.807, 2.05) is 6.07 Å². The molecule has 1 aromatic heterocycles. The lowest BCUT2D eigenvalue weighted by molar-refractivity contribution is -0.116. The van der Waals surface area contributed by atoms with Crippen LogP contribution in [0.15, 0.2) is 30.6 Å². The molecule has 1 heterocycles. The van der Waals surface area contributed by atoms with Gasteiger partial charge in [-0.3, -0.25) is 4.79 Å². The molecule has 0 bridgehead atoms. The molecule has 0 fully saturated rings. The molecule has 6 nitrogen and oxygen atoms in total. The molecule has 1 aromatic carbocycles. The third-order valence-electron chi connectivity index (χ3n) is 2.60. The summed E-state index contributed by atoms with van der Waals surface area (Å²) in [6.45, 7) is 3.01. The van der Waals surface area contributed by atoms with Gasteiger partial charge in [-0.25, -0.2) is 4.68 Å². The van der Waals surface area contributed by atoms with Crippen molar-refractivity contribution in [1.82, 2.24) is 15.0 Å². The summed E-state index contributed by atoms with van der Waals surface area (Å²) in [5.74, 6) is -0.183. The standard InChI is InChI=1S/C13H16ClN5O/c1-2-5-15-11-4-3-10(14)8-12(11)17-13(20)9-19-7-6-16-18-19/h3-4,6-8,15H,2,5,9H2,1H3,(H,17,20). The van der Waals surface area contributed by atoms with Gasteiger partial charge in [0.05, 0.1) is 17.6 Å². The zero-order chi connectivity index (χ0) is 14.4. The number of carbonyl (C=O) groups excluding carboxylic acids is 1. The molecule has 0 radical (unpaired) electrons. The molecule has 2 N–H and O–H groups in total. The zero-order valence-electron chi connectivity index (χ0n) is 11.1. The van der Waals surface area contributed by atoms with Crippen LogP contribution in [0.25, 0.3) is 0 Å². The molecule has 0 aliphatic carbocycles. The van der Waals surface area contributed by atoms with Gasteiger partial charge in [0.25, 0.3) is 0 Å². The Hall–Kier alpha value is -2.08. The number of carbonyl (C=O) groups is 1. The minimum absolute atomic E-state index is 0.111. The van der Waals surface area contributed by atoms with Crippen LogP contribution in [0, 0.1) is 0 Å². The number of halogens is 1. The average molecular weight is 294 g/mol. The Labute approximate surface area is 122 Å². The summed E-state index contributed by atoms with van der Waals surface area (Å²) < 4.78 is 1.46. The quantitative estimate of drug-likeness (QED) is 0.858. The molecule has 7 heteroatoms. The SMILES string of the molecule is CCCNc1ccc(Cl)cc1NC(=O)Cn1ccnn1. The molecule has 1 amide bonds. The fraction of sp³-hybridized carbons (Fsp3) is 0.308. The largest absolute Gasteiger partial charge is 0.383 e. The first kappa shape index (κ1) is 14.3. The van der Waals surface area contributed by atoms with Gasteiger partial charge in [-0.2, -0.15) is 0 Å². The summed E-state index contributed by atoms with van der Waals surface area (Å²) in [6.07, 6.45) is 4.16. The highest BCUT2D eigenvalue weighted by molar-refractivity contribution is 6.31. The van der Waals surface area contributed by atoms with Crippen LogP contribution in [0.3, 0.4) is 0 Å². The third kappa shape index (κ3) is 3.96. The molecule has 106 valence electrons. The van der Waals surface area contributed by atoms with Crippen molar-refractivity contribution in [3.63, 3.8) is 0 Å². The Morgan fingerprint density at radius 3 is 2.95 bits per heavy atom. The number of aromatic nitrogens is 3. The fourth-order valence-corrected chi connectivity index (χ4v) is 1.86. The smallest absolute Gasteiger partial charge is 0.246 e. The maximum absolute atomic E-state index is 11.9. The van der Waals surface area contributed by atoms with Crippen LogP contribution in [0.4, 0.5) is 11.4 Å². The number of nitrogens with zero attached hydrogens (tertiary/aromatic N) is 3. The van der Waals surface area contributed by atoms with E-state index in [0.29, 0.717) is 10.7 Å². The van der Waals surface area contributed by atoms with Crippen molar-refractivity contribution in [1.29, 1.82) is 0 Å². The molecular weight excluding hydrogens is 278 g/mol. The molecule has 0 aliphatic rings. The maximum atomic E-state index is 11.9. The van der Waals surface area contributed by atoms with Gasteiger partial charge < -0.3 is 10.6 Å². The molecule has 0 aliphatic heterocycles. The van der Waals surface area contributed by atoms with Gasteiger partial charge in [-0.1, -0.05) is 23.7 Å². The highest BCUT2D eigenvalue weighted by atomic mass is 35.5. The average Bonchev–Trinajstić information content (AvgIpc) is 2.90. The van der Waals surface area contributed by atoms with Crippen molar-refractivity contribution in [3.05, 3.63) is 35.6 Å². The van der Waals surface area contributed by atoms with E-state index in [9.17, 15) is 4.79 Å². The first-order chi connectivity index (χ1) is 9.69. The maximum Gasteiger partial charge on any atom is 0.246 e. The summed E-state index contributed by atoms with van der Waals surface area (Å²) >= 11 is 5.97. The number of hydrogen-bond donors (Lipinski definition) is 2. The van der Waals surface area contributed by atoms with E-state index in [2.05, 4.69) is 27.9 Å². The van der Waals surface area contributed by atoms with E-state index in [1.165, 1.54) is 10.9 Å². The zero-order valence-corrected chi connectivity index (χ0v) is 11.9. The van der Waals surface area contributed by atoms with Gasteiger partial charge in [0, 0.05) is 17.8 Å². The van der Waals surface area contributed by atoms with E-state index in [0.717, 1.165) is 18.7 Å². The monoisotopic (exact) mass is 293 g/mol. The fourth-order valence-electron chi connectivity index (χ4n) is 1.69. The first-order valence-electron chi connectivity index (χ1n) is 6.36. The Balaban J connectivity index is 2.06. The lowest BCUT2D eigenvalue weighted by Crippen LogP contribution is -2.20. The van der Waals surface area contributed by atoms with Gasteiger partial charge in [0.15, 0.2) is 0 Å². The van der Waals surface area contributed by atoms with Crippen LogP contribution in [-0.4, -0.2) is 27.4 Å². The number of amides is 1. The van der Waals surface area contributed by atoms with E-state index in [-0.39, 0.29) is 12.5 Å². The Morgan fingerprint density at radius 2 is 2.25 bits per heavy atom. The van der Waals surface area contributed by atoms with E-state index < -0.39 is 0 Å². The van der Waals surface area contributed by atoms with Crippen LogP contribution in [0.2, 0.25) is 5.02 Å². The molecule has 0 saturated carbocycles. The highest BCUT2D eigenvalue weighted by Crippen LogP contribution is 2.25. The third-order valence-corrected chi connectivity index (χ3v) is 2.83. The second-order valence-electron chi connectivity index (χ2n) is 4.27. The Kier molecular flexibility index (Phi) is 4.95. The second kappa shape index (κ2) is 6.91. The Bertz CT molecular complexity index is 570. The van der Waals surface area contributed by atoms with Gasteiger partial charge in [-0.15, -0.1) is 5.10 Å². The van der Waals surface area contributed by atoms with Gasteiger partial charge in [0.2, 0.25) is 5.91 Å². The van der Waals surface area contributed by atoms with Gasteiger partial charge in [-0.05, 0) is 24.6 Å². The van der Waals surface area contributed by atoms with Gasteiger partial charge >= 0.3 is 0 Å². The van der Waals surface area contributed by atoms with E-state index in [1.54, 1.807) is 18.3 Å². The minimum Gasteiger partial charge on any atom is -0.383 e. The number of benzene rings is 1. The number of rotatable bonds is 6. The topological polar surface area (TPSA) is 71.8 Å².